The van der Waals surface area contributed by atoms with Gasteiger partial charge in [0.1, 0.15) is 0 Å². The SMILES string of the molecule is O=C(c1cccc(Cn2ccnc2)c1)N1CCOC2CCCCC21. The molecule has 1 saturated carbocycles. The number of nitrogens with zero attached hydrogens (tertiary/aromatic N) is 3. The zero-order valence-corrected chi connectivity index (χ0v) is 13.8. The van der Waals surface area contributed by atoms with Crippen LogP contribution in [0.1, 0.15) is 41.6 Å². The molecule has 1 amide bonds. The van der Waals surface area contributed by atoms with Crippen LogP contribution >= 0.6 is 0 Å². The average Bonchev–Trinajstić information content (AvgIpc) is 3.14. The Hall–Kier alpha value is -2.14. The van der Waals surface area contributed by atoms with Gasteiger partial charge in [0.2, 0.25) is 0 Å². The molecule has 2 fully saturated rings. The molecule has 1 aliphatic heterocycles. The number of rotatable bonds is 3. The molecular weight excluding hydrogens is 302 g/mol. The van der Waals surface area contributed by atoms with Crippen molar-refractivity contribution in [2.75, 3.05) is 13.2 Å². The van der Waals surface area contributed by atoms with E-state index in [1.807, 2.05) is 33.9 Å². The van der Waals surface area contributed by atoms with Gasteiger partial charge in [-0.05, 0) is 30.5 Å². The first kappa shape index (κ1) is 15.4. The number of hydrogen-bond donors (Lipinski definition) is 0. The van der Waals surface area contributed by atoms with Crippen LogP contribution < -0.4 is 0 Å². The van der Waals surface area contributed by atoms with Crippen LogP contribution in [0.5, 0.6) is 0 Å². The topological polar surface area (TPSA) is 47.4 Å². The Labute approximate surface area is 142 Å². The maximum atomic E-state index is 13.1. The van der Waals surface area contributed by atoms with E-state index < -0.39 is 0 Å². The van der Waals surface area contributed by atoms with Crippen LogP contribution in [0.3, 0.4) is 0 Å². The van der Waals surface area contributed by atoms with Crippen molar-refractivity contribution in [1.29, 1.82) is 0 Å². The van der Waals surface area contributed by atoms with Crippen LogP contribution in [-0.2, 0) is 11.3 Å². The quantitative estimate of drug-likeness (QED) is 0.872. The number of morpholine rings is 1. The van der Waals surface area contributed by atoms with Crippen molar-refractivity contribution >= 4 is 5.91 Å². The largest absolute Gasteiger partial charge is 0.374 e. The second-order valence-electron chi connectivity index (χ2n) is 6.69. The highest BCUT2D eigenvalue weighted by Crippen LogP contribution is 2.29. The van der Waals surface area contributed by atoms with Gasteiger partial charge in [-0.15, -0.1) is 0 Å². The first-order valence-electron chi connectivity index (χ1n) is 8.78. The molecule has 5 heteroatoms. The Bertz CT molecular complexity index is 696. The normalized spacial score (nSPS) is 23.8. The van der Waals surface area contributed by atoms with Crippen molar-refractivity contribution < 1.29 is 9.53 Å². The van der Waals surface area contributed by atoms with Crippen LogP contribution in [0.4, 0.5) is 0 Å². The van der Waals surface area contributed by atoms with Crippen LogP contribution in [-0.4, -0.2) is 45.7 Å². The first-order chi connectivity index (χ1) is 11.8. The van der Waals surface area contributed by atoms with Gasteiger partial charge in [0.15, 0.2) is 0 Å². The second kappa shape index (κ2) is 6.77. The van der Waals surface area contributed by atoms with Gasteiger partial charge in [0, 0.05) is 31.0 Å². The first-order valence-corrected chi connectivity index (χ1v) is 8.78. The molecule has 2 atom stereocenters. The highest BCUT2D eigenvalue weighted by molar-refractivity contribution is 5.94. The van der Waals surface area contributed by atoms with Crippen molar-refractivity contribution in [1.82, 2.24) is 14.5 Å². The third-order valence-corrected chi connectivity index (χ3v) is 5.09. The Morgan fingerprint density at radius 2 is 2.21 bits per heavy atom. The van der Waals surface area contributed by atoms with E-state index in [0.29, 0.717) is 13.2 Å². The Kier molecular flexibility index (Phi) is 4.34. The molecule has 2 unspecified atom stereocenters. The maximum absolute atomic E-state index is 13.1. The van der Waals surface area contributed by atoms with Crippen molar-refractivity contribution in [2.24, 2.45) is 0 Å². The molecule has 1 aliphatic carbocycles. The molecular formula is C19H23N3O2. The minimum Gasteiger partial charge on any atom is -0.374 e. The molecule has 1 aromatic heterocycles. The van der Waals surface area contributed by atoms with Crippen LogP contribution in [0.15, 0.2) is 43.0 Å². The highest BCUT2D eigenvalue weighted by Gasteiger charge is 2.36. The molecule has 0 N–H and O–H groups in total. The average molecular weight is 325 g/mol. The summed E-state index contributed by atoms with van der Waals surface area (Å²) in [4.78, 5) is 19.2. The van der Waals surface area contributed by atoms with E-state index in [2.05, 4.69) is 11.1 Å². The number of carbonyl (C=O) groups is 1. The van der Waals surface area contributed by atoms with Crippen LogP contribution in [0.25, 0.3) is 0 Å². The summed E-state index contributed by atoms with van der Waals surface area (Å²) < 4.78 is 7.90. The van der Waals surface area contributed by atoms with Gasteiger partial charge in [0.25, 0.3) is 5.91 Å². The van der Waals surface area contributed by atoms with E-state index in [1.54, 1.807) is 12.5 Å². The number of imidazole rings is 1. The third-order valence-electron chi connectivity index (χ3n) is 5.09. The third kappa shape index (κ3) is 3.08. The maximum Gasteiger partial charge on any atom is 0.254 e. The summed E-state index contributed by atoms with van der Waals surface area (Å²) in [6, 6.07) is 8.21. The van der Waals surface area contributed by atoms with Crippen molar-refractivity contribution in [3.05, 3.63) is 54.1 Å². The fourth-order valence-corrected chi connectivity index (χ4v) is 3.91. The highest BCUT2D eigenvalue weighted by atomic mass is 16.5. The van der Waals surface area contributed by atoms with Gasteiger partial charge >= 0.3 is 0 Å². The van der Waals surface area contributed by atoms with Crippen LogP contribution in [0, 0.1) is 0 Å². The Balaban J connectivity index is 1.53. The Morgan fingerprint density at radius 1 is 1.29 bits per heavy atom. The Morgan fingerprint density at radius 3 is 3.08 bits per heavy atom. The molecule has 5 nitrogen and oxygen atoms in total. The lowest BCUT2D eigenvalue weighted by molar-refractivity contribution is -0.0752. The smallest absolute Gasteiger partial charge is 0.254 e. The molecule has 4 rings (SSSR count). The van der Waals surface area contributed by atoms with E-state index in [4.69, 9.17) is 4.74 Å². The predicted octanol–water partition coefficient (Wildman–Crippen LogP) is 2.72. The van der Waals surface area contributed by atoms with Gasteiger partial charge < -0.3 is 14.2 Å². The van der Waals surface area contributed by atoms with Gasteiger partial charge in [-0.1, -0.05) is 25.0 Å². The van der Waals surface area contributed by atoms with E-state index in [9.17, 15) is 4.79 Å². The fourth-order valence-electron chi connectivity index (χ4n) is 3.91. The molecule has 2 aromatic rings. The lowest BCUT2D eigenvalue weighted by Gasteiger charge is -2.43. The number of carbonyl (C=O) groups excluding carboxylic acids is 1. The van der Waals surface area contributed by atoms with Crippen molar-refractivity contribution in [3.8, 4) is 0 Å². The van der Waals surface area contributed by atoms with E-state index in [-0.39, 0.29) is 18.1 Å². The van der Waals surface area contributed by atoms with E-state index in [0.717, 1.165) is 30.5 Å². The summed E-state index contributed by atoms with van der Waals surface area (Å²) >= 11 is 0. The minimum atomic E-state index is 0.141. The number of amides is 1. The van der Waals surface area contributed by atoms with Gasteiger partial charge in [-0.25, -0.2) is 4.98 Å². The monoisotopic (exact) mass is 325 g/mol. The number of ether oxygens (including phenoxy) is 1. The molecule has 0 radical (unpaired) electrons. The molecule has 126 valence electrons. The van der Waals surface area contributed by atoms with Crippen molar-refractivity contribution in [2.45, 2.75) is 44.4 Å². The minimum absolute atomic E-state index is 0.141. The predicted molar refractivity (Wildman–Crippen MR) is 90.8 cm³/mol. The summed E-state index contributed by atoms with van der Waals surface area (Å²) in [5.74, 6) is 0.141. The number of benzene rings is 1. The molecule has 24 heavy (non-hydrogen) atoms. The molecule has 1 aromatic carbocycles. The van der Waals surface area contributed by atoms with E-state index in [1.165, 1.54) is 12.8 Å². The van der Waals surface area contributed by atoms with Gasteiger partial charge in [-0.3, -0.25) is 4.79 Å². The summed E-state index contributed by atoms with van der Waals surface area (Å²) in [5, 5.41) is 0. The zero-order valence-electron chi connectivity index (χ0n) is 13.8. The lowest BCUT2D eigenvalue weighted by Crippen LogP contribution is -2.54. The standard InChI is InChI=1S/C19H23N3O2/c23-19(22-10-11-24-18-7-2-1-6-17(18)22)16-5-3-4-15(12-16)13-21-9-8-20-14-21/h3-5,8-9,12,14,17-18H,1-2,6-7,10-11,13H2. The summed E-state index contributed by atoms with van der Waals surface area (Å²) in [6.07, 6.45) is 10.3. The summed E-state index contributed by atoms with van der Waals surface area (Å²) in [5.41, 5.74) is 1.89. The summed E-state index contributed by atoms with van der Waals surface area (Å²) in [6.45, 7) is 2.09. The van der Waals surface area contributed by atoms with Crippen molar-refractivity contribution in [3.63, 3.8) is 0 Å². The number of fused-ring (bicyclic) bond motifs is 1. The molecule has 0 spiro atoms. The van der Waals surface area contributed by atoms with Gasteiger partial charge in [0.05, 0.1) is 25.1 Å². The lowest BCUT2D eigenvalue weighted by atomic mass is 9.89. The molecule has 2 aliphatic rings. The van der Waals surface area contributed by atoms with E-state index >= 15 is 0 Å². The number of hydrogen-bond acceptors (Lipinski definition) is 3. The second-order valence-corrected chi connectivity index (χ2v) is 6.69. The van der Waals surface area contributed by atoms with Gasteiger partial charge in [-0.2, -0.15) is 0 Å². The van der Waals surface area contributed by atoms with Crippen LogP contribution in [0.2, 0.25) is 0 Å². The number of aromatic nitrogens is 2. The fraction of sp³-hybridized carbons (Fsp3) is 0.474. The summed E-state index contributed by atoms with van der Waals surface area (Å²) in [7, 11) is 0. The molecule has 0 bridgehead atoms. The molecule has 1 saturated heterocycles. The molecule has 2 heterocycles. The zero-order chi connectivity index (χ0) is 16.4.